The van der Waals surface area contributed by atoms with Gasteiger partial charge in [-0.05, 0) is 39.7 Å². The van der Waals surface area contributed by atoms with E-state index < -0.39 is 11.7 Å². The summed E-state index contributed by atoms with van der Waals surface area (Å²) in [5.74, 6) is -0.164. The van der Waals surface area contributed by atoms with Crippen LogP contribution in [0.4, 0.5) is 16.0 Å². The van der Waals surface area contributed by atoms with Crippen LogP contribution in [0, 0.1) is 12.7 Å². The van der Waals surface area contributed by atoms with Crippen LogP contribution in [-0.4, -0.2) is 57.0 Å². The van der Waals surface area contributed by atoms with Crippen LogP contribution in [0.5, 0.6) is 5.88 Å². The molecule has 0 aromatic carbocycles. The lowest BCUT2D eigenvalue weighted by molar-refractivity contribution is 0.102. The van der Waals surface area contributed by atoms with Crippen molar-refractivity contribution in [2.75, 3.05) is 29.9 Å². The van der Waals surface area contributed by atoms with Crippen molar-refractivity contribution < 1.29 is 13.9 Å². The van der Waals surface area contributed by atoms with Crippen molar-refractivity contribution in [3.8, 4) is 5.88 Å². The Kier molecular flexibility index (Phi) is 5.38. The first kappa shape index (κ1) is 20.6. The third-order valence-corrected chi connectivity index (χ3v) is 6.04. The molecule has 10 heteroatoms. The van der Waals surface area contributed by atoms with E-state index in [0.29, 0.717) is 36.0 Å². The quantitative estimate of drug-likeness (QED) is 0.631. The van der Waals surface area contributed by atoms with Gasteiger partial charge in [0.1, 0.15) is 5.56 Å². The lowest BCUT2D eigenvalue weighted by atomic mass is 10.1. The summed E-state index contributed by atoms with van der Waals surface area (Å²) in [6.45, 7) is 5.86. The minimum Gasteiger partial charge on any atom is -0.477 e. The zero-order valence-electron chi connectivity index (χ0n) is 18.1. The molecule has 0 radical (unpaired) electrons. The molecule has 0 saturated carbocycles. The van der Waals surface area contributed by atoms with Gasteiger partial charge in [-0.3, -0.25) is 4.79 Å². The van der Waals surface area contributed by atoms with Crippen LogP contribution >= 0.6 is 0 Å². The van der Waals surface area contributed by atoms with Crippen molar-refractivity contribution in [3.05, 3.63) is 41.7 Å². The number of pyridine rings is 1. The number of imidazole rings is 1. The number of hydrogen-bond donors (Lipinski definition) is 2. The number of aryl methyl sites for hydroxylation is 1. The molecule has 2 saturated heterocycles. The molecular formula is C22H26FN7O2. The highest BCUT2D eigenvalue weighted by Crippen LogP contribution is 2.32. The van der Waals surface area contributed by atoms with Crippen LogP contribution in [0.15, 0.2) is 24.7 Å². The van der Waals surface area contributed by atoms with E-state index in [-0.39, 0.29) is 17.1 Å². The topological polar surface area (TPSA) is 96.7 Å². The average molecular weight is 439 g/mol. The molecule has 2 atom stereocenters. The maximum atomic E-state index is 14.4. The van der Waals surface area contributed by atoms with Crippen molar-refractivity contribution in [2.24, 2.45) is 0 Å². The van der Waals surface area contributed by atoms with Gasteiger partial charge < -0.3 is 24.7 Å². The number of ether oxygens (including phenoxy) is 1. The first-order valence-corrected chi connectivity index (χ1v) is 11.0. The number of carbonyl (C=O) groups is 1. The molecule has 2 unspecified atom stereocenters. The summed E-state index contributed by atoms with van der Waals surface area (Å²) < 4.78 is 21.6. The molecule has 2 fully saturated rings. The maximum Gasteiger partial charge on any atom is 0.262 e. The largest absolute Gasteiger partial charge is 0.477 e. The lowest BCUT2D eigenvalue weighted by Gasteiger charge is -2.28. The van der Waals surface area contributed by atoms with Crippen LogP contribution in [0.1, 0.15) is 42.2 Å². The number of rotatable bonds is 5. The predicted octanol–water partition coefficient (Wildman–Crippen LogP) is 2.55. The summed E-state index contributed by atoms with van der Waals surface area (Å²) >= 11 is 0. The van der Waals surface area contributed by atoms with E-state index in [1.54, 1.807) is 23.7 Å². The number of nitrogens with zero attached hydrogens (tertiary/aromatic N) is 5. The van der Waals surface area contributed by atoms with Crippen LogP contribution < -0.4 is 20.3 Å². The molecule has 168 valence electrons. The van der Waals surface area contributed by atoms with Gasteiger partial charge in [-0.25, -0.2) is 14.4 Å². The number of amides is 1. The molecule has 9 nitrogen and oxygen atoms in total. The molecule has 0 spiro atoms. The molecule has 2 bridgehead atoms. The fraction of sp³-hybridized carbons (Fsp3) is 0.455. The number of nitrogens with one attached hydrogen (secondary N) is 2. The van der Waals surface area contributed by atoms with Gasteiger partial charge in [0.2, 0.25) is 11.8 Å². The molecule has 3 aromatic rings. The van der Waals surface area contributed by atoms with Crippen molar-refractivity contribution >= 4 is 23.2 Å². The predicted molar refractivity (Wildman–Crippen MR) is 118 cm³/mol. The molecule has 5 rings (SSSR count). The summed E-state index contributed by atoms with van der Waals surface area (Å²) in [4.78, 5) is 28.5. The molecule has 2 aliphatic rings. The Morgan fingerprint density at radius 1 is 1.28 bits per heavy atom. The highest BCUT2D eigenvalue weighted by atomic mass is 19.1. The normalized spacial score (nSPS) is 20.4. The SMILES string of the molecule is CCOc1nc(N2C3CCNCC2CC3)ncc1C(=O)Nc1cc(F)c2nc(C)cn2c1. The summed E-state index contributed by atoms with van der Waals surface area (Å²) in [5, 5.41) is 6.19. The van der Waals surface area contributed by atoms with Gasteiger partial charge in [-0.15, -0.1) is 0 Å². The number of hydrogen-bond acceptors (Lipinski definition) is 7. The second-order valence-corrected chi connectivity index (χ2v) is 8.25. The van der Waals surface area contributed by atoms with E-state index in [0.717, 1.165) is 32.4 Å². The van der Waals surface area contributed by atoms with Gasteiger partial charge in [-0.2, -0.15) is 4.98 Å². The zero-order chi connectivity index (χ0) is 22.2. The van der Waals surface area contributed by atoms with Crippen LogP contribution in [0.3, 0.4) is 0 Å². The fourth-order valence-electron chi connectivity index (χ4n) is 4.64. The van der Waals surface area contributed by atoms with Crippen molar-refractivity contribution in [2.45, 2.75) is 45.2 Å². The van der Waals surface area contributed by atoms with E-state index in [1.807, 2.05) is 6.92 Å². The number of fused-ring (bicyclic) bond motifs is 3. The first-order chi connectivity index (χ1) is 15.5. The third kappa shape index (κ3) is 3.75. The molecule has 2 aliphatic heterocycles. The Balaban J connectivity index is 1.43. The van der Waals surface area contributed by atoms with E-state index >= 15 is 0 Å². The van der Waals surface area contributed by atoms with Crippen LogP contribution in [0.25, 0.3) is 5.65 Å². The van der Waals surface area contributed by atoms with E-state index in [1.165, 1.54) is 12.3 Å². The van der Waals surface area contributed by atoms with Gasteiger partial charge in [0, 0.05) is 43.3 Å². The van der Waals surface area contributed by atoms with Gasteiger partial charge in [0.15, 0.2) is 11.5 Å². The van der Waals surface area contributed by atoms with Crippen molar-refractivity contribution in [3.63, 3.8) is 0 Å². The van der Waals surface area contributed by atoms with Gasteiger partial charge in [-0.1, -0.05) is 0 Å². The van der Waals surface area contributed by atoms with Gasteiger partial charge in [0.25, 0.3) is 5.91 Å². The smallest absolute Gasteiger partial charge is 0.262 e. The molecule has 3 aromatic heterocycles. The Labute approximate surface area is 185 Å². The fourth-order valence-corrected chi connectivity index (χ4v) is 4.64. The lowest BCUT2D eigenvalue weighted by Crippen LogP contribution is -2.39. The second kappa shape index (κ2) is 8.34. The van der Waals surface area contributed by atoms with E-state index in [9.17, 15) is 9.18 Å². The summed E-state index contributed by atoms with van der Waals surface area (Å²) in [5.41, 5.74) is 1.41. The molecule has 2 N–H and O–H groups in total. The molecule has 5 heterocycles. The highest BCUT2D eigenvalue weighted by Gasteiger charge is 2.37. The maximum absolute atomic E-state index is 14.4. The Bertz CT molecular complexity index is 1150. The second-order valence-electron chi connectivity index (χ2n) is 8.25. The number of halogens is 1. The summed E-state index contributed by atoms with van der Waals surface area (Å²) in [6.07, 6.45) is 8.05. The van der Waals surface area contributed by atoms with Crippen molar-refractivity contribution in [1.82, 2.24) is 24.7 Å². The Morgan fingerprint density at radius 2 is 2.12 bits per heavy atom. The van der Waals surface area contributed by atoms with Gasteiger partial charge >= 0.3 is 0 Å². The third-order valence-electron chi connectivity index (χ3n) is 6.04. The number of carbonyl (C=O) groups excluding carboxylic acids is 1. The summed E-state index contributed by atoms with van der Waals surface area (Å²) in [7, 11) is 0. The number of aromatic nitrogens is 4. The zero-order valence-corrected chi connectivity index (χ0v) is 18.1. The standard InChI is InChI=1S/C22H26FN7O2/c1-3-32-21-17(10-25-22(28-21)30-15-4-5-16(30)9-24-7-6-15)20(31)27-14-8-18(23)19-26-13(2)11-29(19)12-14/h8,10-12,15-16,24H,3-7,9H2,1-2H3,(H,27,31). The Hall–Kier alpha value is -3.27. The van der Waals surface area contributed by atoms with Gasteiger partial charge in [0.05, 0.1) is 18.0 Å². The Morgan fingerprint density at radius 3 is 2.97 bits per heavy atom. The molecule has 0 aliphatic carbocycles. The summed E-state index contributed by atoms with van der Waals surface area (Å²) in [6, 6.07) is 1.97. The van der Waals surface area contributed by atoms with E-state index in [4.69, 9.17) is 4.74 Å². The molecular weight excluding hydrogens is 413 g/mol. The first-order valence-electron chi connectivity index (χ1n) is 11.0. The highest BCUT2D eigenvalue weighted by molar-refractivity contribution is 6.05. The van der Waals surface area contributed by atoms with Crippen molar-refractivity contribution in [1.29, 1.82) is 0 Å². The monoisotopic (exact) mass is 439 g/mol. The van der Waals surface area contributed by atoms with Crippen LogP contribution in [-0.2, 0) is 0 Å². The average Bonchev–Trinajstić information content (AvgIpc) is 3.25. The van der Waals surface area contributed by atoms with E-state index in [2.05, 4.69) is 30.5 Å². The minimum absolute atomic E-state index is 0.207. The molecule has 1 amide bonds. The van der Waals surface area contributed by atoms with Crippen LogP contribution in [0.2, 0.25) is 0 Å². The molecule has 32 heavy (non-hydrogen) atoms. The number of anilines is 2. The minimum atomic E-state index is -0.516.